The van der Waals surface area contributed by atoms with Gasteiger partial charge in [-0.05, 0) is 12.1 Å². The van der Waals surface area contributed by atoms with Crippen molar-refractivity contribution in [2.24, 2.45) is 0 Å². The van der Waals surface area contributed by atoms with Crippen molar-refractivity contribution in [3.63, 3.8) is 0 Å². The molecule has 0 aliphatic rings. The lowest BCUT2D eigenvalue weighted by Gasteiger charge is -2.13. The van der Waals surface area contributed by atoms with Crippen LogP contribution in [-0.4, -0.2) is 53.8 Å². The van der Waals surface area contributed by atoms with Gasteiger partial charge < -0.3 is 14.3 Å². The molecular weight excluding hydrogens is 348 g/mol. The van der Waals surface area contributed by atoms with Crippen LogP contribution in [0.1, 0.15) is 6.92 Å². The number of nitrogens with one attached hydrogen (secondary N) is 1. The van der Waals surface area contributed by atoms with Gasteiger partial charge in [0.15, 0.2) is 9.84 Å². The van der Waals surface area contributed by atoms with Gasteiger partial charge in [0.1, 0.15) is 6.54 Å². The van der Waals surface area contributed by atoms with Gasteiger partial charge in [-0.3, -0.25) is 9.00 Å². The SMILES string of the molecule is CC(=O)N(C)CC(=O)ONS(=O)[O-].CS(=O)(=O)c1ccccc1. The minimum Gasteiger partial charge on any atom is -0.758 e. The second-order valence-electron chi connectivity index (χ2n) is 4.25. The van der Waals surface area contributed by atoms with Crippen LogP contribution in [0.3, 0.4) is 0 Å². The van der Waals surface area contributed by atoms with Crippen LogP contribution in [0.2, 0.25) is 0 Å². The summed E-state index contributed by atoms with van der Waals surface area (Å²) in [4.78, 5) is 28.2. The lowest BCUT2D eigenvalue weighted by Crippen LogP contribution is -2.34. The third kappa shape index (κ3) is 10.5. The molecule has 1 unspecified atom stereocenters. The molecule has 1 amide bonds. The summed E-state index contributed by atoms with van der Waals surface area (Å²) in [7, 11) is -1.62. The van der Waals surface area contributed by atoms with E-state index in [1.165, 1.54) is 25.1 Å². The van der Waals surface area contributed by atoms with E-state index in [0.717, 1.165) is 4.90 Å². The van der Waals surface area contributed by atoms with Gasteiger partial charge in [-0.2, -0.15) is 0 Å². The molecule has 1 atom stereocenters. The summed E-state index contributed by atoms with van der Waals surface area (Å²) < 4.78 is 41.4. The number of amides is 1. The van der Waals surface area contributed by atoms with Gasteiger partial charge in [-0.25, -0.2) is 13.2 Å². The summed E-state index contributed by atoms with van der Waals surface area (Å²) >= 11 is -2.66. The monoisotopic (exact) mass is 365 g/mol. The Morgan fingerprint density at radius 2 is 1.83 bits per heavy atom. The van der Waals surface area contributed by atoms with Crippen molar-refractivity contribution in [3.05, 3.63) is 30.3 Å². The smallest absolute Gasteiger partial charge is 0.345 e. The lowest BCUT2D eigenvalue weighted by atomic mass is 10.4. The summed E-state index contributed by atoms with van der Waals surface area (Å²) in [6, 6.07) is 8.35. The summed E-state index contributed by atoms with van der Waals surface area (Å²) in [5.41, 5.74) is 0. The van der Waals surface area contributed by atoms with Crippen LogP contribution >= 0.6 is 0 Å². The molecule has 0 heterocycles. The van der Waals surface area contributed by atoms with Crippen molar-refractivity contribution in [1.82, 2.24) is 9.79 Å². The molecule has 0 saturated heterocycles. The van der Waals surface area contributed by atoms with Crippen molar-refractivity contribution in [3.8, 4) is 0 Å². The van der Waals surface area contributed by atoms with Crippen LogP contribution < -0.4 is 4.89 Å². The summed E-state index contributed by atoms with van der Waals surface area (Å²) in [6.45, 7) is 0.964. The van der Waals surface area contributed by atoms with E-state index in [1.54, 1.807) is 30.3 Å². The normalized spacial score (nSPS) is 11.7. The second kappa shape index (κ2) is 10.0. The number of carbonyl (C=O) groups excluding carboxylic acids is 2. The number of benzene rings is 1. The third-order valence-corrected chi connectivity index (χ3v) is 3.65. The number of likely N-dealkylation sites (N-methyl/N-ethyl adjacent to an activating group) is 1. The molecule has 0 spiro atoms. The first-order chi connectivity index (χ1) is 10.5. The maximum Gasteiger partial charge on any atom is 0.345 e. The van der Waals surface area contributed by atoms with E-state index in [2.05, 4.69) is 4.84 Å². The highest BCUT2D eigenvalue weighted by Gasteiger charge is 2.09. The molecule has 11 heteroatoms. The zero-order valence-corrected chi connectivity index (χ0v) is 14.3. The summed E-state index contributed by atoms with van der Waals surface area (Å²) in [5.74, 6) is -1.18. The average molecular weight is 365 g/mol. The highest BCUT2D eigenvalue weighted by molar-refractivity contribution is 7.90. The number of hydrogen-bond donors (Lipinski definition) is 1. The standard InChI is InChI=1S/C7H8O2S.C5H10N2O5S/c1-10(8,9)7-5-3-2-4-6-7;1-4(8)7(2)3-5(9)12-6-13(10)11/h2-6H,1H3;6H,3H2,1-2H3,(H,10,11)/p-1. The fraction of sp³-hybridized carbons (Fsp3) is 0.333. The van der Waals surface area contributed by atoms with Gasteiger partial charge in [0.2, 0.25) is 5.91 Å². The van der Waals surface area contributed by atoms with Gasteiger partial charge in [0, 0.05) is 20.2 Å². The van der Waals surface area contributed by atoms with Gasteiger partial charge in [0.05, 0.1) is 16.2 Å². The van der Waals surface area contributed by atoms with Crippen LogP contribution in [0, 0.1) is 0 Å². The van der Waals surface area contributed by atoms with E-state index in [1.807, 2.05) is 0 Å². The quantitative estimate of drug-likeness (QED) is 0.544. The van der Waals surface area contributed by atoms with Gasteiger partial charge in [-0.15, -0.1) is 0 Å². The maximum atomic E-state index is 10.8. The number of nitrogens with zero attached hydrogens (tertiary/aromatic N) is 1. The van der Waals surface area contributed by atoms with Crippen molar-refractivity contribution in [1.29, 1.82) is 0 Å². The van der Waals surface area contributed by atoms with E-state index in [0.29, 0.717) is 4.90 Å². The Morgan fingerprint density at radius 3 is 2.17 bits per heavy atom. The molecule has 1 N–H and O–H groups in total. The Balaban J connectivity index is 0.000000433. The van der Waals surface area contributed by atoms with Gasteiger partial charge in [-0.1, -0.05) is 23.1 Å². The first kappa shape index (κ1) is 21.2. The Morgan fingerprint density at radius 1 is 1.30 bits per heavy atom. The molecule has 0 radical (unpaired) electrons. The van der Waals surface area contributed by atoms with Gasteiger partial charge in [0.25, 0.3) is 0 Å². The van der Waals surface area contributed by atoms with Crippen LogP contribution in [0.4, 0.5) is 0 Å². The minimum atomic E-state index is -3.00. The van der Waals surface area contributed by atoms with Crippen molar-refractivity contribution >= 4 is 33.0 Å². The first-order valence-electron chi connectivity index (χ1n) is 6.05. The number of rotatable bonds is 5. The maximum absolute atomic E-state index is 10.8. The van der Waals surface area contributed by atoms with Crippen LogP contribution in [0.15, 0.2) is 35.2 Å². The van der Waals surface area contributed by atoms with E-state index < -0.39 is 27.1 Å². The van der Waals surface area contributed by atoms with Crippen molar-refractivity contribution in [2.75, 3.05) is 19.8 Å². The van der Waals surface area contributed by atoms with E-state index in [4.69, 9.17) is 0 Å². The third-order valence-electron chi connectivity index (χ3n) is 2.30. The molecule has 23 heavy (non-hydrogen) atoms. The lowest BCUT2D eigenvalue weighted by molar-refractivity contribution is -0.151. The first-order valence-corrected chi connectivity index (χ1v) is 9.02. The minimum absolute atomic E-state index is 0.306. The fourth-order valence-electron chi connectivity index (χ4n) is 1.09. The van der Waals surface area contributed by atoms with Crippen molar-refractivity contribution in [2.45, 2.75) is 11.8 Å². The largest absolute Gasteiger partial charge is 0.758 e. The average Bonchev–Trinajstić information content (AvgIpc) is 2.45. The summed E-state index contributed by atoms with van der Waals surface area (Å²) in [5, 5.41) is 0. The zero-order chi connectivity index (χ0) is 18.0. The second-order valence-corrected chi connectivity index (χ2v) is 6.90. The van der Waals surface area contributed by atoms with E-state index >= 15 is 0 Å². The molecule has 130 valence electrons. The predicted octanol–water partition coefficient (Wildman–Crippen LogP) is -0.603. The number of hydrogen-bond acceptors (Lipinski definition) is 7. The zero-order valence-electron chi connectivity index (χ0n) is 12.7. The highest BCUT2D eigenvalue weighted by atomic mass is 32.2. The molecule has 0 fully saturated rings. The Hall–Kier alpha value is -1.82. The molecule has 1 aromatic carbocycles. The topological polar surface area (TPSA) is 133 Å². The molecule has 9 nitrogen and oxygen atoms in total. The molecule has 0 saturated carbocycles. The molecule has 0 bridgehead atoms. The molecule has 0 aliphatic heterocycles. The van der Waals surface area contributed by atoms with Crippen molar-refractivity contribution < 1.29 is 31.6 Å². The number of sulfone groups is 1. The van der Waals surface area contributed by atoms with E-state index in [-0.39, 0.29) is 12.5 Å². The van der Waals surface area contributed by atoms with E-state index in [9.17, 15) is 26.8 Å². The Kier molecular flexibility index (Phi) is 9.25. The Labute approximate surface area is 136 Å². The van der Waals surface area contributed by atoms with Crippen LogP contribution in [0.25, 0.3) is 0 Å². The van der Waals surface area contributed by atoms with Crippen LogP contribution in [-0.2, 0) is 35.5 Å². The molecule has 0 aromatic heterocycles. The number of carbonyl (C=O) groups is 2. The summed E-state index contributed by atoms with van der Waals surface area (Å²) in [6.07, 6.45) is 1.20. The highest BCUT2D eigenvalue weighted by Crippen LogP contribution is 2.05. The van der Waals surface area contributed by atoms with Gasteiger partial charge >= 0.3 is 5.97 Å². The fourth-order valence-corrected chi connectivity index (χ4v) is 1.90. The van der Waals surface area contributed by atoms with Crippen LogP contribution in [0.5, 0.6) is 0 Å². The molecule has 1 aromatic rings. The predicted molar refractivity (Wildman–Crippen MR) is 81.0 cm³/mol. The molecular formula is C12H17N2O7S2-. The molecule has 1 rings (SSSR count). The Bertz CT molecular complexity index is 647. The molecule has 0 aliphatic carbocycles.